The summed E-state index contributed by atoms with van der Waals surface area (Å²) in [5.41, 5.74) is 3.09. The van der Waals surface area contributed by atoms with E-state index in [4.69, 9.17) is 0 Å². The average Bonchev–Trinajstić information content (AvgIpc) is 2.90. The molecule has 0 saturated heterocycles. The standard InChI is InChI=1S/C17H23NO3/c1-11(2)9-13(17(20)21)10-18-16(19)15-8-4-6-12-5-3-7-14(12)15/h4,6,8,11,13H,3,5,7,9-10H2,1-2H3,(H,18,19)(H,20,21). The number of carbonyl (C=O) groups excluding carboxylic acids is 1. The third-order valence-electron chi connectivity index (χ3n) is 4.00. The molecule has 114 valence electrons. The van der Waals surface area contributed by atoms with Crippen LogP contribution in [0.25, 0.3) is 0 Å². The van der Waals surface area contributed by atoms with Crippen LogP contribution in [0.3, 0.4) is 0 Å². The summed E-state index contributed by atoms with van der Waals surface area (Å²) in [6, 6.07) is 5.80. The van der Waals surface area contributed by atoms with Gasteiger partial charge in [-0.3, -0.25) is 9.59 Å². The maximum absolute atomic E-state index is 12.3. The van der Waals surface area contributed by atoms with Crippen LogP contribution in [-0.4, -0.2) is 23.5 Å². The molecular weight excluding hydrogens is 266 g/mol. The van der Waals surface area contributed by atoms with Gasteiger partial charge >= 0.3 is 5.97 Å². The molecule has 1 atom stereocenters. The molecule has 0 aromatic heterocycles. The first-order chi connectivity index (χ1) is 9.99. The molecule has 0 saturated carbocycles. The van der Waals surface area contributed by atoms with Crippen LogP contribution in [0.15, 0.2) is 18.2 Å². The summed E-state index contributed by atoms with van der Waals surface area (Å²) in [7, 11) is 0. The van der Waals surface area contributed by atoms with Crippen LogP contribution in [0, 0.1) is 11.8 Å². The van der Waals surface area contributed by atoms with Gasteiger partial charge in [-0.25, -0.2) is 0 Å². The van der Waals surface area contributed by atoms with E-state index < -0.39 is 11.9 Å². The number of carboxylic acids is 1. The lowest BCUT2D eigenvalue weighted by molar-refractivity contribution is -0.142. The Labute approximate surface area is 125 Å². The van der Waals surface area contributed by atoms with Crippen LogP contribution in [0.1, 0.15) is 48.2 Å². The minimum atomic E-state index is -0.845. The van der Waals surface area contributed by atoms with Crippen molar-refractivity contribution >= 4 is 11.9 Å². The summed E-state index contributed by atoms with van der Waals surface area (Å²) in [5, 5.41) is 12.0. The molecule has 0 heterocycles. The molecular formula is C17H23NO3. The normalized spacial score (nSPS) is 14.8. The number of aliphatic carboxylic acids is 1. The van der Waals surface area contributed by atoms with Crippen LogP contribution in [0.5, 0.6) is 0 Å². The van der Waals surface area contributed by atoms with E-state index in [1.54, 1.807) is 0 Å². The lowest BCUT2D eigenvalue weighted by Gasteiger charge is -2.16. The predicted octanol–water partition coefficient (Wildman–Crippen LogP) is 2.65. The average molecular weight is 289 g/mol. The zero-order valence-corrected chi connectivity index (χ0v) is 12.7. The molecule has 0 radical (unpaired) electrons. The van der Waals surface area contributed by atoms with Gasteiger partial charge < -0.3 is 10.4 Å². The molecule has 0 aliphatic heterocycles. The van der Waals surface area contributed by atoms with Crippen LogP contribution in [0.2, 0.25) is 0 Å². The minimum absolute atomic E-state index is 0.149. The van der Waals surface area contributed by atoms with Gasteiger partial charge in [-0.2, -0.15) is 0 Å². The number of benzene rings is 1. The molecule has 1 aliphatic carbocycles. The Morgan fingerprint density at radius 2 is 2.05 bits per heavy atom. The molecule has 4 heteroatoms. The molecule has 4 nitrogen and oxygen atoms in total. The van der Waals surface area contributed by atoms with E-state index in [0.29, 0.717) is 17.9 Å². The van der Waals surface area contributed by atoms with Gasteiger partial charge in [-0.15, -0.1) is 0 Å². The van der Waals surface area contributed by atoms with E-state index in [-0.39, 0.29) is 12.5 Å². The van der Waals surface area contributed by atoms with Gasteiger partial charge in [0.1, 0.15) is 0 Å². The summed E-state index contributed by atoms with van der Waals surface area (Å²) >= 11 is 0. The number of fused-ring (bicyclic) bond motifs is 1. The van der Waals surface area contributed by atoms with E-state index in [1.165, 1.54) is 5.56 Å². The Morgan fingerprint density at radius 3 is 2.71 bits per heavy atom. The zero-order valence-electron chi connectivity index (χ0n) is 12.7. The van der Waals surface area contributed by atoms with E-state index >= 15 is 0 Å². The third kappa shape index (κ3) is 3.84. The van der Waals surface area contributed by atoms with Crippen molar-refractivity contribution in [1.29, 1.82) is 0 Å². The topological polar surface area (TPSA) is 66.4 Å². The van der Waals surface area contributed by atoms with Crippen LogP contribution in [-0.2, 0) is 17.6 Å². The van der Waals surface area contributed by atoms with Gasteiger partial charge in [0.15, 0.2) is 0 Å². The van der Waals surface area contributed by atoms with Crippen LogP contribution < -0.4 is 5.32 Å². The number of aryl methyl sites for hydroxylation is 1. The molecule has 2 N–H and O–H groups in total. The summed E-state index contributed by atoms with van der Waals surface area (Å²) < 4.78 is 0. The van der Waals surface area contributed by atoms with E-state index in [9.17, 15) is 14.7 Å². The van der Waals surface area contributed by atoms with Crippen molar-refractivity contribution in [3.63, 3.8) is 0 Å². The highest BCUT2D eigenvalue weighted by molar-refractivity contribution is 5.96. The molecule has 2 rings (SSSR count). The molecule has 1 aromatic rings. The fourth-order valence-electron chi connectivity index (χ4n) is 2.98. The largest absolute Gasteiger partial charge is 0.481 e. The molecule has 1 amide bonds. The highest BCUT2D eigenvalue weighted by Crippen LogP contribution is 2.25. The maximum atomic E-state index is 12.3. The van der Waals surface area contributed by atoms with Crippen LogP contribution >= 0.6 is 0 Å². The summed E-state index contributed by atoms with van der Waals surface area (Å²) in [6.07, 6.45) is 3.63. The second kappa shape index (κ2) is 6.74. The second-order valence-corrected chi connectivity index (χ2v) is 6.17. The number of hydrogen-bond acceptors (Lipinski definition) is 2. The number of rotatable bonds is 6. The minimum Gasteiger partial charge on any atom is -0.481 e. The van der Waals surface area contributed by atoms with Gasteiger partial charge in [-0.1, -0.05) is 26.0 Å². The quantitative estimate of drug-likeness (QED) is 0.846. The van der Waals surface area contributed by atoms with Crippen molar-refractivity contribution < 1.29 is 14.7 Å². The van der Waals surface area contributed by atoms with Gasteiger partial charge in [-0.05, 0) is 48.8 Å². The van der Waals surface area contributed by atoms with Crippen LogP contribution in [0.4, 0.5) is 0 Å². The Morgan fingerprint density at radius 1 is 1.29 bits per heavy atom. The summed E-state index contributed by atoms with van der Waals surface area (Å²) in [4.78, 5) is 23.5. The second-order valence-electron chi connectivity index (χ2n) is 6.17. The predicted molar refractivity (Wildman–Crippen MR) is 81.4 cm³/mol. The van der Waals surface area contributed by atoms with Crippen molar-refractivity contribution in [2.24, 2.45) is 11.8 Å². The third-order valence-corrected chi connectivity index (χ3v) is 4.00. The Bertz CT molecular complexity index is 537. The van der Waals surface area contributed by atoms with Crippen molar-refractivity contribution in [2.75, 3.05) is 6.54 Å². The van der Waals surface area contributed by atoms with Gasteiger partial charge in [0.05, 0.1) is 5.92 Å². The van der Waals surface area contributed by atoms with Crippen molar-refractivity contribution in [1.82, 2.24) is 5.32 Å². The van der Waals surface area contributed by atoms with Gasteiger partial charge in [0.2, 0.25) is 0 Å². The zero-order chi connectivity index (χ0) is 15.4. The van der Waals surface area contributed by atoms with Gasteiger partial charge in [0, 0.05) is 12.1 Å². The van der Waals surface area contributed by atoms with Crippen molar-refractivity contribution in [3.05, 3.63) is 34.9 Å². The van der Waals surface area contributed by atoms with E-state index in [1.807, 2.05) is 26.0 Å². The summed E-state index contributed by atoms with van der Waals surface area (Å²) in [5.74, 6) is -1.22. The first-order valence-corrected chi connectivity index (χ1v) is 7.60. The van der Waals surface area contributed by atoms with Gasteiger partial charge in [0.25, 0.3) is 5.91 Å². The fourth-order valence-corrected chi connectivity index (χ4v) is 2.98. The number of hydrogen-bond donors (Lipinski definition) is 2. The SMILES string of the molecule is CC(C)CC(CNC(=O)c1cccc2c1CCC2)C(=O)O. The summed E-state index contributed by atoms with van der Waals surface area (Å²) in [6.45, 7) is 4.17. The molecule has 1 aromatic carbocycles. The number of nitrogens with one attached hydrogen (secondary N) is 1. The number of carboxylic acid groups (broad SMARTS) is 1. The molecule has 1 unspecified atom stereocenters. The smallest absolute Gasteiger partial charge is 0.308 e. The lowest BCUT2D eigenvalue weighted by Crippen LogP contribution is -2.34. The Balaban J connectivity index is 2.02. The molecule has 21 heavy (non-hydrogen) atoms. The first-order valence-electron chi connectivity index (χ1n) is 7.60. The molecule has 0 fully saturated rings. The molecule has 0 spiro atoms. The first kappa shape index (κ1) is 15.5. The maximum Gasteiger partial charge on any atom is 0.308 e. The monoisotopic (exact) mass is 289 g/mol. The molecule has 1 aliphatic rings. The Kier molecular flexibility index (Phi) is 4.99. The Hall–Kier alpha value is -1.84. The molecule has 0 bridgehead atoms. The number of amides is 1. The highest BCUT2D eigenvalue weighted by Gasteiger charge is 2.22. The highest BCUT2D eigenvalue weighted by atomic mass is 16.4. The number of carbonyl (C=O) groups is 2. The fraction of sp³-hybridized carbons (Fsp3) is 0.529. The van der Waals surface area contributed by atoms with E-state index in [0.717, 1.165) is 24.8 Å². The van der Waals surface area contributed by atoms with E-state index in [2.05, 4.69) is 11.4 Å². The lowest BCUT2D eigenvalue weighted by atomic mass is 9.97. The van der Waals surface area contributed by atoms with Crippen molar-refractivity contribution in [2.45, 2.75) is 39.5 Å². The van der Waals surface area contributed by atoms with Crippen molar-refractivity contribution in [3.8, 4) is 0 Å².